The Bertz CT molecular complexity index is 2110. The first kappa shape index (κ1) is 34.8. The van der Waals surface area contributed by atoms with Crippen LogP contribution in [0.4, 0.5) is 10.2 Å². The van der Waals surface area contributed by atoms with Gasteiger partial charge in [-0.3, -0.25) is 9.36 Å². The van der Waals surface area contributed by atoms with Crippen molar-refractivity contribution in [1.29, 1.82) is 0 Å². The van der Waals surface area contributed by atoms with Crippen molar-refractivity contribution < 1.29 is 28.1 Å². The van der Waals surface area contributed by atoms with Gasteiger partial charge in [-0.1, -0.05) is 53.5 Å². The molecule has 13 heteroatoms. The Kier molecular flexibility index (Phi) is 9.64. The van der Waals surface area contributed by atoms with Gasteiger partial charge in [0, 0.05) is 36.7 Å². The largest absolute Gasteiger partial charge is 0.497 e. The number of anilines is 1. The Morgan fingerprint density at radius 2 is 1.55 bits per heavy atom. The Hall–Kier alpha value is -4.68. The molecule has 2 aromatic heterocycles. The summed E-state index contributed by atoms with van der Waals surface area (Å²) in [5.74, 6) is 0.818. The molecule has 0 unspecified atom stereocenters. The van der Waals surface area contributed by atoms with Crippen LogP contribution in [0.2, 0.25) is 10.2 Å². The molecule has 0 N–H and O–H groups in total. The Balaban J connectivity index is 1.19. The van der Waals surface area contributed by atoms with E-state index >= 15 is 4.39 Å². The molecule has 7 rings (SSSR count). The van der Waals surface area contributed by atoms with Crippen molar-refractivity contribution in [1.82, 2.24) is 14.5 Å². The van der Waals surface area contributed by atoms with E-state index in [0.29, 0.717) is 29.4 Å². The summed E-state index contributed by atoms with van der Waals surface area (Å²) in [6.45, 7) is 4.61. The van der Waals surface area contributed by atoms with Crippen LogP contribution in [0.3, 0.4) is 0 Å². The molecular weight excluding hydrogens is 698 g/mol. The van der Waals surface area contributed by atoms with E-state index in [9.17, 15) is 4.79 Å². The minimum absolute atomic E-state index is 0.0549. The Morgan fingerprint density at radius 3 is 2.16 bits per heavy atom. The van der Waals surface area contributed by atoms with Crippen molar-refractivity contribution in [3.63, 3.8) is 0 Å². The van der Waals surface area contributed by atoms with E-state index < -0.39 is 29.9 Å². The van der Waals surface area contributed by atoms with Crippen LogP contribution in [-0.2, 0) is 22.6 Å². The zero-order valence-corrected chi connectivity index (χ0v) is 29.8. The lowest BCUT2D eigenvalue weighted by atomic mass is 10.1. The Labute approximate surface area is 303 Å². The number of rotatable bonds is 11. The summed E-state index contributed by atoms with van der Waals surface area (Å²) < 4.78 is 46.3. The maximum absolute atomic E-state index is 15.6. The maximum atomic E-state index is 15.6. The highest BCUT2D eigenvalue weighted by Gasteiger charge is 2.51. The molecule has 0 spiro atoms. The van der Waals surface area contributed by atoms with Crippen LogP contribution in [0.5, 0.6) is 17.2 Å². The van der Waals surface area contributed by atoms with Crippen molar-refractivity contribution in [2.24, 2.45) is 0 Å². The molecule has 10 nitrogen and oxygen atoms in total. The normalized spacial score (nSPS) is 19.1. The number of ether oxygens (including phenoxy) is 5. The molecule has 5 aromatic rings. The molecule has 0 bridgehead atoms. The van der Waals surface area contributed by atoms with Gasteiger partial charge in [-0.15, -0.1) is 0 Å². The lowest BCUT2D eigenvalue weighted by Gasteiger charge is -2.26. The highest BCUT2D eigenvalue weighted by molar-refractivity contribution is 6.33. The highest BCUT2D eigenvalue weighted by Crippen LogP contribution is 2.43. The summed E-state index contributed by atoms with van der Waals surface area (Å²) in [6, 6.07) is 20.8. The van der Waals surface area contributed by atoms with Crippen LogP contribution in [-0.4, -0.2) is 53.4 Å². The first-order valence-corrected chi connectivity index (χ1v) is 17.0. The molecule has 1 aliphatic carbocycles. The smallest absolute Gasteiger partial charge is 0.255 e. The van der Waals surface area contributed by atoms with E-state index in [2.05, 4.69) is 4.98 Å². The second-order valence-corrected chi connectivity index (χ2v) is 13.6. The fourth-order valence-electron chi connectivity index (χ4n) is 6.47. The molecule has 2 aliphatic rings. The lowest BCUT2D eigenvalue weighted by Crippen LogP contribution is -2.33. The van der Waals surface area contributed by atoms with Gasteiger partial charge in [0.2, 0.25) is 0 Å². The second kappa shape index (κ2) is 14.1. The number of fused-ring (bicyclic) bond motifs is 2. The van der Waals surface area contributed by atoms with Gasteiger partial charge in [0.05, 0.1) is 37.1 Å². The molecule has 0 amide bonds. The molecular formula is C38H35Cl2FN4O6. The molecule has 1 saturated heterocycles. The molecule has 3 aromatic carbocycles. The minimum atomic E-state index is -0.894. The average molecular weight is 734 g/mol. The number of hydrogen-bond donors (Lipinski definition) is 0. The van der Waals surface area contributed by atoms with Crippen molar-refractivity contribution in [2.45, 2.75) is 51.0 Å². The third kappa shape index (κ3) is 7.38. The van der Waals surface area contributed by atoms with Crippen molar-refractivity contribution in [3.05, 3.63) is 128 Å². The van der Waals surface area contributed by atoms with Crippen LogP contribution >= 0.6 is 23.2 Å². The number of pyridine rings is 1. The third-order valence-corrected chi connectivity index (χ3v) is 9.39. The van der Waals surface area contributed by atoms with Gasteiger partial charge in [-0.25, -0.2) is 14.4 Å². The second-order valence-electron chi connectivity index (χ2n) is 12.8. The average Bonchev–Trinajstić information content (AvgIpc) is 3.60. The predicted octanol–water partition coefficient (Wildman–Crippen LogP) is 7.54. The number of hydrogen-bond acceptors (Lipinski definition) is 9. The van der Waals surface area contributed by atoms with Crippen molar-refractivity contribution in [3.8, 4) is 17.2 Å². The van der Waals surface area contributed by atoms with Crippen LogP contribution in [0, 0.1) is 5.82 Å². The first-order chi connectivity index (χ1) is 24.5. The standard InChI is InChI=1S/C38H35Cl2FN4O6/c1-38(2)50-35-24(13-32(36(35)51-38)45-21-42-33(40)17-34(45)46)20-49-27-14-30(41)28-16-29(39)37(43-31(28)15-27)44(18-22-5-9-25(47-3)10-6-22)19-23-7-11-26(48-4)12-8-23/h5-17,21,32,35-36H,18-20H2,1-4H3/t32-,35-,36+/m1/s1. The van der Waals surface area contributed by atoms with Gasteiger partial charge >= 0.3 is 0 Å². The number of methoxy groups -OCH3 is 2. The van der Waals surface area contributed by atoms with Gasteiger partial charge in [0.25, 0.3) is 5.56 Å². The fraction of sp³-hybridized carbons (Fsp3) is 0.289. The maximum Gasteiger partial charge on any atom is 0.255 e. The van der Waals surface area contributed by atoms with E-state index in [1.165, 1.54) is 23.0 Å². The van der Waals surface area contributed by atoms with Crippen LogP contribution in [0.15, 0.2) is 95.6 Å². The fourth-order valence-corrected chi connectivity index (χ4v) is 6.88. The van der Waals surface area contributed by atoms with Crippen LogP contribution < -0.4 is 24.7 Å². The van der Waals surface area contributed by atoms with E-state index in [0.717, 1.165) is 28.2 Å². The van der Waals surface area contributed by atoms with E-state index in [-0.39, 0.29) is 28.5 Å². The van der Waals surface area contributed by atoms with Crippen molar-refractivity contribution in [2.75, 3.05) is 25.7 Å². The summed E-state index contributed by atoms with van der Waals surface area (Å²) in [5.41, 5.74) is 2.80. The number of benzene rings is 3. The van der Waals surface area contributed by atoms with E-state index in [4.69, 9.17) is 51.9 Å². The predicted molar refractivity (Wildman–Crippen MR) is 193 cm³/mol. The van der Waals surface area contributed by atoms with Gasteiger partial charge in [-0.05, 0) is 60.9 Å². The summed E-state index contributed by atoms with van der Waals surface area (Å²) >= 11 is 12.8. The highest BCUT2D eigenvalue weighted by atomic mass is 35.5. The zero-order chi connectivity index (χ0) is 35.9. The first-order valence-electron chi connectivity index (χ1n) is 16.2. The summed E-state index contributed by atoms with van der Waals surface area (Å²) in [6.07, 6.45) is 2.26. The van der Waals surface area contributed by atoms with Gasteiger partial charge in [0.15, 0.2) is 5.79 Å². The molecule has 1 aliphatic heterocycles. The minimum Gasteiger partial charge on any atom is -0.497 e. The third-order valence-electron chi connectivity index (χ3n) is 8.90. The summed E-state index contributed by atoms with van der Waals surface area (Å²) in [7, 11) is 3.25. The van der Waals surface area contributed by atoms with Crippen LogP contribution in [0.25, 0.3) is 10.9 Å². The number of halogens is 3. The lowest BCUT2D eigenvalue weighted by molar-refractivity contribution is -0.148. The summed E-state index contributed by atoms with van der Waals surface area (Å²) in [5, 5.41) is 0.662. The molecule has 3 atom stereocenters. The molecule has 51 heavy (non-hydrogen) atoms. The van der Waals surface area contributed by atoms with Gasteiger partial charge in [0.1, 0.15) is 52.9 Å². The van der Waals surface area contributed by atoms with E-state index in [1.807, 2.05) is 73.4 Å². The van der Waals surface area contributed by atoms with Crippen LogP contribution in [0.1, 0.15) is 31.0 Å². The molecule has 0 radical (unpaired) electrons. The van der Waals surface area contributed by atoms with E-state index in [1.54, 1.807) is 26.4 Å². The molecule has 1 fully saturated rings. The Morgan fingerprint density at radius 1 is 0.902 bits per heavy atom. The summed E-state index contributed by atoms with van der Waals surface area (Å²) in [4.78, 5) is 23.8. The number of aromatic nitrogens is 3. The zero-order valence-electron chi connectivity index (χ0n) is 28.3. The van der Waals surface area contributed by atoms with Gasteiger partial charge < -0.3 is 28.6 Å². The van der Waals surface area contributed by atoms with Gasteiger partial charge in [-0.2, -0.15) is 0 Å². The topological polar surface area (TPSA) is 97.2 Å². The quantitative estimate of drug-likeness (QED) is 0.101. The molecule has 3 heterocycles. The monoisotopic (exact) mass is 732 g/mol. The van der Waals surface area contributed by atoms with Crippen molar-refractivity contribution >= 4 is 39.9 Å². The molecule has 264 valence electrons. The number of nitrogens with zero attached hydrogens (tertiary/aromatic N) is 4. The molecule has 0 saturated carbocycles. The SMILES string of the molecule is COc1ccc(CN(Cc2ccc(OC)cc2)c2nc3cc(OCC4=C[C@@H](n5cnc(Cl)cc5=O)[C@@H]5OC(C)(C)O[C@H]45)cc(F)c3cc2Cl)cc1.